The summed E-state index contributed by atoms with van der Waals surface area (Å²) in [6.45, 7) is 0.103. The maximum atomic E-state index is 12.1. The minimum atomic E-state index is -0.690. The van der Waals surface area contributed by atoms with Crippen molar-refractivity contribution in [2.45, 2.75) is 6.61 Å². The molecule has 2 aromatic carbocycles. The normalized spacial score (nSPS) is 10.4. The predicted molar refractivity (Wildman–Crippen MR) is 88.4 cm³/mol. The molecule has 6 nitrogen and oxygen atoms in total. The molecule has 0 saturated carbocycles. The van der Waals surface area contributed by atoms with E-state index in [9.17, 15) is 9.59 Å². The summed E-state index contributed by atoms with van der Waals surface area (Å²) in [7, 11) is 0. The third-order valence-electron chi connectivity index (χ3n) is 3.03. The first-order valence-electron chi connectivity index (χ1n) is 6.80. The van der Waals surface area contributed by atoms with E-state index in [0.29, 0.717) is 11.3 Å². The average molecular weight is 327 g/mol. The molecule has 0 fully saturated rings. The van der Waals surface area contributed by atoms with E-state index in [4.69, 9.17) is 10.5 Å². The fourth-order valence-corrected chi connectivity index (χ4v) is 2.94. The molecule has 0 spiro atoms. The van der Waals surface area contributed by atoms with Crippen molar-refractivity contribution in [3.63, 3.8) is 0 Å². The Bertz CT molecular complexity index is 843. The number of para-hydroxylation sites is 1. The molecule has 0 unspecified atom stereocenters. The van der Waals surface area contributed by atoms with Crippen LogP contribution in [0.1, 0.15) is 15.4 Å². The quantitative estimate of drug-likeness (QED) is 0.720. The minimum absolute atomic E-state index is 0.103. The fraction of sp³-hybridized carbons (Fsp3) is 0.0625. The molecule has 0 atom stereocenters. The maximum Gasteiger partial charge on any atom is 0.338 e. The summed E-state index contributed by atoms with van der Waals surface area (Å²) in [5, 5.41) is 3.14. The van der Waals surface area contributed by atoms with Gasteiger partial charge in [0.2, 0.25) is 0 Å². The number of hydrogen-bond acceptors (Lipinski definition) is 5. The second-order valence-corrected chi connectivity index (χ2v) is 5.84. The Morgan fingerprint density at radius 1 is 1.17 bits per heavy atom. The SMILES string of the molecule is NC(=O)Nc1cccc(C(=O)OCc2nc3ccccc3s2)c1. The van der Waals surface area contributed by atoms with Crippen molar-refractivity contribution >= 4 is 39.2 Å². The summed E-state index contributed by atoms with van der Waals surface area (Å²) >= 11 is 1.48. The molecule has 3 N–H and O–H groups in total. The number of ether oxygens (including phenoxy) is 1. The second-order valence-electron chi connectivity index (χ2n) is 4.72. The van der Waals surface area contributed by atoms with Crippen molar-refractivity contribution in [2.24, 2.45) is 5.73 Å². The number of carbonyl (C=O) groups excluding carboxylic acids is 2. The van der Waals surface area contributed by atoms with Crippen molar-refractivity contribution < 1.29 is 14.3 Å². The highest BCUT2D eigenvalue weighted by Gasteiger charge is 2.11. The molecule has 23 heavy (non-hydrogen) atoms. The number of hydrogen-bond donors (Lipinski definition) is 2. The van der Waals surface area contributed by atoms with Crippen molar-refractivity contribution in [1.82, 2.24) is 4.98 Å². The summed E-state index contributed by atoms with van der Waals surface area (Å²) in [5.74, 6) is -0.489. The monoisotopic (exact) mass is 327 g/mol. The summed E-state index contributed by atoms with van der Waals surface area (Å²) in [6.07, 6.45) is 0. The van der Waals surface area contributed by atoms with E-state index in [1.807, 2.05) is 24.3 Å². The molecule has 1 aromatic heterocycles. The summed E-state index contributed by atoms with van der Waals surface area (Å²) < 4.78 is 6.32. The first-order chi connectivity index (χ1) is 11.1. The molecule has 0 aliphatic heterocycles. The van der Waals surface area contributed by atoms with Crippen LogP contribution in [0, 0.1) is 0 Å². The van der Waals surface area contributed by atoms with E-state index in [-0.39, 0.29) is 6.61 Å². The smallest absolute Gasteiger partial charge is 0.338 e. The highest BCUT2D eigenvalue weighted by atomic mass is 32.1. The van der Waals surface area contributed by atoms with Gasteiger partial charge in [0.15, 0.2) is 0 Å². The lowest BCUT2D eigenvalue weighted by atomic mass is 10.2. The van der Waals surface area contributed by atoms with Crippen LogP contribution < -0.4 is 11.1 Å². The number of amides is 2. The Balaban J connectivity index is 1.68. The lowest BCUT2D eigenvalue weighted by Gasteiger charge is -2.05. The standard InChI is InChI=1S/C16H13N3O3S/c17-16(21)18-11-5-3-4-10(8-11)15(20)22-9-14-19-12-6-1-2-7-13(12)23-14/h1-8H,9H2,(H3,17,18,21). The lowest BCUT2D eigenvalue weighted by molar-refractivity contribution is 0.0472. The molecule has 2 amide bonds. The Morgan fingerprint density at radius 2 is 2.00 bits per heavy atom. The largest absolute Gasteiger partial charge is 0.455 e. The number of primary amides is 1. The number of carbonyl (C=O) groups is 2. The topological polar surface area (TPSA) is 94.3 Å². The molecule has 0 aliphatic rings. The van der Waals surface area contributed by atoms with Crippen molar-refractivity contribution in [2.75, 3.05) is 5.32 Å². The van der Waals surface area contributed by atoms with E-state index in [1.165, 1.54) is 17.4 Å². The lowest BCUT2D eigenvalue weighted by Crippen LogP contribution is -2.19. The molecular weight excluding hydrogens is 314 g/mol. The van der Waals surface area contributed by atoms with E-state index in [2.05, 4.69) is 10.3 Å². The number of aromatic nitrogens is 1. The molecule has 7 heteroatoms. The van der Waals surface area contributed by atoms with Crippen molar-refractivity contribution in [1.29, 1.82) is 0 Å². The van der Waals surface area contributed by atoms with Crippen LogP contribution in [0.3, 0.4) is 0 Å². The molecule has 0 radical (unpaired) electrons. The predicted octanol–water partition coefficient (Wildman–Crippen LogP) is 3.14. The van der Waals surface area contributed by atoms with Gasteiger partial charge in [-0.15, -0.1) is 11.3 Å². The van der Waals surface area contributed by atoms with Gasteiger partial charge in [0.05, 0.1) is 15.8 Å². The Morgan fingerprint density at radius 3 is 2.78 bits per heavy atom. The number of nitrogens with zero attached hydrogens (tertiary/aromatic N) is 1. The fourth-order valence-electron chi connectivity index (χ4n) is 2.06. The number of nitrogens with one attached hydrogen (secondary N) is 1. The van der Waals surface area contributed by atoms with Crippen LogP contribution in [0.2, 0.25) is 0 Å². The number of benzene rings is 2. The third-order valence-corrected chi connectivity index (χ3v) is 4.04. The van der Waals surface area contributed by atoms with E-state index in [0.717, 1.165) is 15.2 Å². The van der Waals surface area contributed by atoms with Gasteiger partial charge in [0, 0.05) is 5.69 Å². The zero-order valence-electron chi connectivity index (χ0n) is 12.0. The van der Waals surface area contributed by atoms with Crippen molar-refractivity contribution in [3.05, 3.63) is 59.1 Å². The van der Waals surface area contributed by atoms with Crippen molar-refractivity contribution in [3.8, 4) is 0 Å². The molecule has 0 aliphatic carbocycles. The maximum absolute atomic E-state index is 12.1. The number of nitrogens with two attached hydrogens (primary N) is 1. The van der Waals surface area contributed by atoms with Crippen LogP contribution >= 0.6 is 11.3 Å². The van der Waals surface area contributed by atoms with Crippen LogP contribution in [0.15, 0.2) is 48.5 Å². The molecule has 0 bridgehead atoms. The highest BCUT2D eigenvalue weighted by molar-refractivity contribution is 7.18. The second kappa shape index (κ2) is 6.45. The van der Waals surface area contributed by atoms with Gasteiger partial charge >= 0.3 is 12.0 Å². The van der Waals surface area contributed by atoms with Gasteiger partial charge in [-0.2, -0.15) is 0 Å². The van der Waals surface area contributed by atoms with Gasteiger partial charge in [-0.05, 0) is 30.3 Å². The summed E-state index contributed by atoms with van der Waals surface area (Å²) in [5.41, 5.74) is 6.70. The van der Waals surface area contributed by atoms with Gasteiger partial charge in [0.25, 0.3) is 0 Å². The first kappa shape index (κ1) is 15.0. The van der Waals surface area contributed by atoms with Gasteiger partial charge in [0.1, 0.15) is 11.6 Å². The van der Waals surface area contributed by atoms with Crippen LogP contribution in [0.4, 0.5) is 10.5 Å². The Kier molecular flexibility index (Phi) is 4.20. The molecular formula is C16H13N3O3S. The highest BCUT2D eigenvalue weighted by Crippen LogP contribution is 2.22. The number of anilines is 1. The Hall–Kier alpha value is -2.93. The van der Waals surface area contributed by atoms with Gasteiger partial charge in [-0.25, -0.2) is 14.6 Å². The zero-order valence-corrected chi connectivity index (χ0v) is 12.8. The van der Waals surface area contributed by atoms with Crippen LogP contribution in [0.5, 0.6) is 0 Å². The van der Waals surface area contributed by atoms with Gasteiger partial charge in [-0.1, -0.05) is 18.2 Å². The van der Waals surface area contributed by atoms with Gasteiger partial charge in [-0.3, -0.25) is 0 Å². The molecule has 1 heterocycles. The number of fused-ring (bicyclic) bond motifs is 1. The zero-order chi connectivity index (χ0) is 16.2. The van der Waals surface area contributed by atoms with Gasteiger partial charge < -0.3 is 15.8 Å². The third kappa shape index (κ3) is 3.64. The molecule has 116 valence electrons. The average Bonchev–Trinajstić information content (AvgIpc) is 2.95. The molecule has 3 aromatic rings. The summed E-state index contributed by atoms with van der Waals surface area (Å²) in [6, 6.07) is 13.4. The minimum Gasteiger partial charge on any atom is -0.455 e. The van der Waals surface area contributed by atoms with E-state index < -0.39 is 12.0 Å². The van der Waals surface area contributed by atoms with Crippen LogP contribution in [-0.4, -0.2) is 17.0 Å². The number of rotatable bonds is 4. The number of esters is 1. The molecule has 0 saturated heterocycles. The first-order valence-corrected chi connectivity index (χ1v) is 7.61. The molecule has 3 rings (SSSR count). The Labute approximate surface area is 135 Å². The van der Waals surface area contributed by atoms with Crippen LogP contribution in [-0.2, 0) is 11.3 Å². The number of thiazole rings is 1. The van der Waals surface area contributed by atoms with E-state index >= 15 is 0 Å². The summed E-state index contributed by atoms with van der Waals surface area (Å²) in [4.78, 5) is 27.3. The number of urea groups is 1. The van der Waals surface area contributed by atoms with E-state index in [1.54, 1.807) is 18.2 Å². The van der Waals surface area contributed by atoms with Crippen LogP contribution in [0.25, 0.3) is 10.2 Å².